The third-order valence-corrected chi connectivity index (χ3v) is 3.14. The second-order valence-corrected chi connectivity index (χ2v) is 6.54. The van der Waals surface area contributed by atoms with Gasteiger partial charge < -0.3 is 5.32 Å². The fraction of sp³-hybridized carbons (Fsp3) is 0.800. The van der Waals surface area contributed by atoms with Gasteiger partial charge in [-0.3, -0.25) is 4.79 Å². The van der Waals surface area contributed by atoms with E-state index < -0.39 is 27.7 Å². The summed E-state index contributed by atoms with van der Waals surface area (Å²) in [6, 6.07) is 1.43. The topological polar surface area (TPSA) is 87.0 Å². The number of hydrogen-bond donors (Lipinski definition) is 1. The molecule has 92 valence electrons. The van der Waals surface area contributed by atoms with Gasteiger partial charge in [0.05, 0.1) is 11.8 Å². The zero-order chi connectivity index (χ0) is 12.9. The predicted octanol–water partition coefficient (Wildman–Crippen LogP) is 0.331. The number of nitriles is 1. The van der Waals surface area contributed by atoms with Crippen molar-refractivity contribution in [3.8, 4) is 6.07 Å². The number of hydrogen-bond acceptors (Lipinski definition) is 4. The van der Waals surface area contributed by atoms with Crippen LogP contribution in [0.5, 0.6) is 0 Å². The maximum absolute atomic E-state index is 11.6. The molecule has 2 atom stereocenters. The SMILES string of the molecule is CC(CS(C)(=O)=O)NC(=O)C(C#N)C(C)C. The van der Waals surface area contributed by atoms with Crippen LogP contribution in [0.2, 0.25) is 0 Å². The molecule has 16 heavy (non-hydrogen) atoms. The first-order valence-corrected chi connectivity index (χ1v) is 7.11. The molecule has 0 rings (SSSR count). The minimum atomic E-state index is -3.12. The van der Waals surface area contributed by atoms with Crippen molar-refractivity contribution < 1.29 is 13.2 Å². The van der Waals surface area contributed by atoms with Crippen molar-refractivity contribution >= 4 is 15.7 Å². The van der Waals surface area contributed by atoms with E-state index in [4.69, 9.17) is 5.26 Å². The molecule has 1 amide bonds. The molecule has 0 aliphatic rings. The third-order valence-electron chi connectivity index (χ3n) is 2.03. The number of amides is 1. The van der Waals surface area contributed by atoms with Gasteiger partial charge in [-0.25, -0.2) is 8.42 Å². The number of nitrogens with zero attached hydrogens (tertiary/aromatic N) is 1. The smallest absolute Gasteiger partial charge is 0.237 e. The van der Waals surface area contributed by atoms with Crippen LogP contribution < -0.4 is 5.32 Å². The van der Waals surface area contributed by atoms with Gasteiger partial charge in [0.1, 0.15) is 15.8 Å². The monoisotopic (exact) mass is 246 g/mol. The van der Waals surface area contributed by atoms with Gasteiger partial charge in [0, 0.05) is 12.3 Å². The molecule has 0 aromatic heterocycles. The van der Waals surface area contributed by atoms with Gasteiger partial charge in [-0.1, -0.05) is 13.8 Å². The molecular weight excluding hydrogens is 228 g/mol. The maximum atomic E-state index is 11.6. The fourth-order valence-electron chi connectivity index (χ4n) is 1.34. The first-order valence-electron chi connectivity index (χ1n) is 5.05. The first-order chi connectivity index (χ1) is 7.17. The van der Waals surface area contributed by atoms with E-state index in [2.05, 4.69) is 5.32 Å². The lowest BCUT2D eigenvalue weighted by Crippen LogP contribution is -2.41. The number of carbonyl (C=O) groups is 1. The van der Waals surface area contributed by atoms with Crippen LogP contribution in [0.15, 0.2) is 0 Å². The Morgan fingerprint density at radius 3 is 2.19 bits per heavy atom. The molecule has 0 aromatic carbocycles. The summed E-state index contributed by atoms with van der Waals surface area (Å²) in [5, 5.41) is 11.3. The van der Waals surface area contributed by atoms with Gasteiger partial charge in [0.2, 0.25) is 5.91 Å². The molecule has 0 saturated heterocycles. The lowest BCUT2D eigenvalue weighted by atomic mass is 9.96. The number of carbonyl (C=O) groups excluding carboxylic acids is 1. The van der Waals surface area contributed by atoms with Crippen LogP contribution in [0.1, 0.15) is 20.8 Å². The van der Waals surface area contributed by atoms with Crippen LogP contribution >= 0.6 is 0 Å². The molecule has 0 fully saturated rings. The van der Waals surface area contributed by atoms with Crippen molar-refractivity contribution in [2.45, 2.75) is 26.8 Å². The molecule has 1 N–H and O–H groups in total. The van der Waals surface area contributed by atoms with E-state index in [1.54, 1.807) is 20.8 Å². The summed E-state index contributed by atoms with van der Waals surface area (Å²) in [4.78, 5) is 11.6. The van der Waals surface area contributed by atoms with Crippen LogP contribution in [-0.4, -0.2) is 32.4 Å². The highest BCUT2D eigenvalue weighted by molar-refractivity contribution is 7.90. The lowest BCUT2D eigenvalue weighted by Gasteiger charge is -2.17. The van der Waals surface area contributed by atoms with Crippen LogP contribution in [0.4, 0.5) is 0 Å². The quantitative estimate of drug-likeness (QED) is 0.757. The molecule has 0 heterocycles. The summed E-state index contributed by atoms with van der Waals surface area (Å²) in [5.74, 6) is -1.35. The van der Waals surface area contributed by atoms with Crippen LogP contribution in [-0.2, 0) is 14.6 Å². The number of nitrogens with one attached hydrogen (secondary N) is 1. The summed E-state index contributed by atoms with van der Waals surface area (Å²) >= 11 is 0. The van der Waals surface area contributed by atoms with Crippen LogP contribution in [0.3, 0.4) is 0 Å². The van der Waals surface area contributed by atoms with E-state index in [1.165, 1.54) is 0 Å². The van der Waals surface area contributed by atoms with Gasteiger partial charge >= 0.3 is 0 Å². The Kier molecular flexibility index (Phi) is 5.45. The van der Waals surface area contributed by atoms with Crippen LogP contribution in [0, 0.1) is 23.2 Å². The van der Waals surface area contributed by atoms with Crippen molar-refractivity contribution in [3.05, 3.63) is 0 Å². The van der Waals surface area contributed by atoms with E-state index in [9.17, 15) is 13.2 Å². The maximum Gasteiger partial charge on any atom is 0.237 e. The van der Waals surface area contributed by atoms with E-state index in [0.29, 0.717) is 0 Å². The standard InChI is InChI=1S/C10H18N2O3S/c1-7(2)9(5-11)10(13)12-8(3)6-16(4,14)15/h7-9H,6H2,1-4H3,(H,12,13). The summed E-state index contributed by atoms with van der Waals surface area (Å²) < 4.78 is 22.0. The van der Waals surface area contributed by atoms with E-state index >= 15 is 0 Å². The minimum absolute atomic E-state index is 0.0876. The average Bonchev–Trinajstić information content (AvgIpc) is 1.99. The summed E-state index contributed by atoms with van der Waals surface area (Å²) in [5.41, 5.74) is 0. The summed E-state index contributed by atoms with van der Waals surface area (Å²) in [6.45, 7) is 5.15. The zero-order valence-electron chi connectivity index (χ0n) is 10.0. The molecular formula is C10H18N2O3S. The molecule has 5 nitrogen and oxygen atoms in total. The second kappa shape index (κ2) is 5.85. The average molecular weight is 246 g/mol. The third kappa shape index (κ3) is 5.71. The van der Waals surface area contributed by atoms with E-state index in [-0.39, 0.29) is 11.7 Å². The van der Waals surface area contributed by atoms with Crippen molar-refractivity contribution in [3.63, 3.8) is 0 Å². The molecule has 0 saturated carbocycles. The Labute approximate surface area is 96.8 Å². The second-order valence-electron chi connectivity index (χ2n) is 4.35. The van der Waals surface area contributed by atoms with Crippen molar-refractivity contribution in [2.24, 2.45) is 11.8 Å². The molecule has 2 unspecified atom stereocenters. The molecule has 0 aromatic rings. The molecule has 0 aliphatic carbocycles. The number of sulfone groups is 1. The highest BCUT2D eigenvalue weighted by Gasteiger charge is 2.23. The lowest BCUT2D eigenvalue weighted by molar-refractivity contribution is -0.124. The largest absolute Gasteiger partial charge is 0.351 e. The molecule has 6 heteroatoms. The van der Waals surface area contributed by atoms with Crippen molar-refractivity contribution in [1.29, 1.82) is 5.26 Å². The predicted molar refractivity (Wildman–Crippen MR) is 61.3 cm³/mol. The first kappa shape index (κ1) is 14.9. The van der Waals surface area contributed by atoms with Gasteiger partial charge in [-0.2, -0.15) is 5.26 Å². The Morgan fingerprint density at radius 1 is 1.38 bits per heavy atom. The normalized spacial score (nSPS) is 15.2. The molecule has 0 radical (unpaired) electrons. The fourth-order valence-corrected chi connectivity index (χ4v) is 2.33. The van der Waals surface area contributed by atoms with E-state index in [1.807, 2.05) is 6.07 Å². The number of rotatable bonds is 5. The van der Waals surface area contributed by atoms with Crippen LogP contribution in [0.25, 0.3) is 0 Å². The highest BCUT2D eigenvalue weighted by atomic mass is 32.2. The summed E-state index contributed by atoms with van der Waals surface area (Å²) in [7, 11) is -3.12. The van der Waals surface area contributed by atoms with Gasteiger partial charge in [0.15, 0.2) is 0 Å². The van der Waals surface area contributed by atoms with Gasteiger partial charge in [0.25, 0.3) is 0 Å². The molecule has 0 spiro atoms. The van der Waals surface area contributed by atoms with E-state index in [0.717, 1.165) is 6.26 Å². The zero-order valence-corrected chi connectivity index (χ0v) is 10.8. The minimum Gasteiger partial charge on any atom is -0.351 e. The Hall–Kier alpha value is -1.09. The van der Waals surface area contributed by atoms with Gasteiger partial charge in [-0.15, -0.1) is 0 Å². The van der Waals surface area contributed by atoms with Crippen molar-refractivity contribution in [1.82, 2.24) is 5.32 Å². The Balaban J connectivity index is 4.41. The van der Waals surface area contributed by atoms with Crippen molar-refractivity contribution in [2.75, 3.05) is 12.0 Å². The Bertz CT molecular complexity index is 381. The Morgan fingerprint density at radius 2 is 1.88 bits per heavy atom. The molecule has 0 bridgehead atoms. The van der Waals surface area contributed by atoms with Gasteiger partial charge in [-0.05, 0) is 12.8 Å². The summed E-state index contributed by atoms with van der Waals surface area (Å²) in [6.07, 6.45) is 1.11. The highest BCUT2D eigenvalue weighted by Crippen LogP contribution is 2.09. The molecule has 0 aliphatic heterocycles.